The summed E-state index contributed by atoms with van der Waals surface area (Å²) in [5.41, 5.74) is 6.96. The molecule has 2 aliphatic carbocycles. The molecule has 1 aromatic heterocycles. The molecular formula is C18H19ClN2O. The first kappa shape index (κ1) is 14.0. The van der Waals surface area contributed by atoms with Crippen molar-refractivity contribution in [2.24, 2.45) is 0 Å². The summed E-state index contributed by atoms with van der Waals surface area (Å²) in [5, 5.41) is 0.551. The van der Waals surface area contributed by atoms with E-state index in [1.54, 1.807) is 0 Å². The van der Waals surface area contributed by atoms with Crippen LogP contribution in [0.15, 0.2) is 47.3 Å². The minimum atomic E-state index is 0.551. The molecule has 0 N–H and O–H groups in total. The Morgan fingerprint density at radius 2 is 2.00 bits per heavy atom. The Labute approximate surface area is 135 Å². The first-order chi connectivity index (χ1) is 10.8. The number of aromatic nitrogens is 1. The van der Waals surface area contributed by atoms with Crippen molar-refractivity contribution in [3.63, 3.8) is 0 Å². The molecule has 0 atom stereocenters. The largest absolute Gasteiger partial charge is 0.378 e. The second-order valence-corrected chi connectivity index (χ2v) is 6.32. The number of allylic oxidation sites excluding steroid dienone is 6. The second kappa shape index (κ2) is 5.90. The Balaban J connectivity index is 1.58. The van der Waals surface area contributed by atoms with Crippen LogP contribution in [0.2, 0.25) is 5.15 Å². The van der Waals surface area contributed by atoms with Crippen LogP contribution >= 0.6 is 11.6 Å². The monoisotopic (exact) mass is 314 g/mol. The van der Waals surface area contributed by atoms with Crippen LogP contribution in [-0.4, -0.2) is 36.2 Å². The van der Waals surface area contributed by atoms with Gasteiger partial charge in [-0.05, 0) is 54.2 Å². The zero-order valence-electron chi connectivity index (χ0n) is 12.5. The van der Waals surface area contributed by atoms with Gasteiger partial charge in [-0.15, -0.1) is 0 Å². The fourth-order valence-corrected chi connectivity index (χ4v) is 3.64. The Morgan fingerprint density at radius 3 is 2.77 bits per heavy atom. The van der Waals surface area contributed by atoms with Gasteiger partial charge in [0.2, 0.25) is 0 Å². The molecule has 114 valence electrons. The van der Waals surface area contributed by atoms with Crippen LogP contribution in [0.5, 0.6) is 0 Å². The van der Waals surface area contributed by atoms with Gasteiger partial charge in [-0.2, -0.15) is 0 Å². The highest BCUT2D eigenvalue weighted by molar-refractivity contribution is 6.29. The molecule has 1 aliphatic heterocycles. The molecule has 1 fully saturated rings. The van der Waals surface area contributed by atoms with Gasteiger partial charge in [0.1, 0.15) is 5.15 Å². The van der Waals surface area contributed by atoms with Crippen molar-refractivity contribution in [1.82, 2.24) is 9.88 Å². The van der Waals surface area contributed by atoms with E-state index in [4.69, 9.17) is 16.3 Å². The minimum Gasteiger partial charge on any atom is -0.378 e. The van der Waals surface area contributed by atoms with Crippen molar-refractivity contribution in [3.8, 4) is 0 Å². The molecule has 0 unspecified atom stereocenters. The molecular weight excluding hydrogens is 296 g/mol. The topological polar surface area (TPSA) is 25.4 Å². The number of ether oxygens (including phenoxy) is 1. The maximum atomic E-state index is 5.89. The summed E-state index contributed by atoms with van der Waals surface area (Å²) in [6.45, 7) is 3.75. The van der Waals surface area contributed by atoms with Crippen molar-refractivity contribution in [2.45, 2.75) is 19.3 Å². The smallest absolute Gasteiger partial charge is 0.129 e. The van der Waals surface area contributed by atoms with E-state index in [0.29, 0.717) is 5.15 Å². The quantitative estimate of drug-likeness (QED) is 0.776. The average molecular weight is 315 g/mol. The standard InChI is InChI=1S/C18H19ClN2O/c19-18-6-2-14(12-20-18)17-4-1-13-11-15(3-5-16(13)17)21-7-9-22-10-8-21/h2,4,6,11-12H,1,3,5,7-10H2. The van der Waals surface area contributed by atoms with E-state index in [0.717, 1.165) is 45.6 Å². The predicted octanol–water partition coefficient (Wildman–Crippen LogP) is 3.83. The summed E-state index contributed by atoms with van der Waals surface area (Å²) >= 11 is 5.89. The molecule has 2 heterocycles. The van der Waals surface area contributed by atoms with Gasteiger partial charge in [0.15, 0.2) is 0 Å². The van der Waals surface area contributed by atoms with Crippen molar-refractivity contribution < 1.29 is 4.74 Å². The van der Waals surface area contributed by atoms with E-state index in [1.165, 1.54) is 28.0 Å². The first-order valence-electron chi connectivity index (χ1n) is 7.89. The van der Waals surface area contributed by atoms with Crippen LogP contribution in [0, 0.1) is 0 Å². The lowest BCUT2D eigenvalue weighted by atomic mass is 9.91. The molecule has 3 nitrogen and oxygen atoms in total. The van der Waals surface area contributed by atoms with Crippen molar-refractivity contribution in [1.29, 1.82) is 0 Å². The molecule has 1 saturated heterocycles. The van der Waals surface area contributed by atoms with Crippen LogP contribution in [0.4, 0.5) is 0 Å². The van der Waals surface area contributed by atoms with Gasteiger partial charge in [-0.1, -0.05) is 17.7 Å². The SMILES string of the molecule is Clc1ccc(C2=CCC3=C2CCC(N2CCOCC2)=C3)cn1. The highest BCUT2D eigenvalue weighted by Crippen LogP contribution is 2.41. The summed E-state index contributed by atoms with van der Waals surface area (Å²) < 4.78 is 5.45. The Hall–Kier alpha value is -1.58. The van der Waals surface area contributed by atoms with Gasteiger partial charge < -0.3 is 9.64 Å². The lowest BCUT2D eigenvalue weighted by Gasteiger charge is -2.33. The van der Waals surface area contributed by atoms with Gasteiger partial charge in [-0.3, -0.25) is 0 Å². The Morgan fingerprint density at radius 1 is 1.14 bits per heavy atom. The van der Waals surface area contributed by atoms with Crippen molar-refractivity contribution in [3.05, 3.63) is 58.0 Å². The summed E-state index contributed by atoms with van der Waals surface area (Å²) in [5.74, 6) is 0. The van der Waals surface area contributed by atoms with Gasteiger partial charge in [0.05, 0.1) is 13.2 Å². The van der Waals surface area contributed by atoms with Crippen LogP contribution < -0.4 is 0 Å². The molecule has 22 heavy (non-hydrogen) atoms. The number of hydrogen-bond acceptors (Lipinski definition) is 3. The number of hydrogen-bond donors (Lipinski definition) is 0. The lowest BCUT2D eigenvalue weighted by Crippen LogP contribution is -2.36. The third kappa shape index (κ3) is 2.59. The number of pyridine rings is 1. The van der Waals surface area contributed by atoms with E-state index < -0.39 is 0 Å². The van der Waals surface area contributed by atoms with Crippen LogP contribution in [0.3, 0.4) is 0 Å². The predicted molar refractivity (Wildman–Crippen MR) is 88.6 cm³/mol. The molecule has 0 amide bonds. The van der Waals surface area contributed by atoms with Gasteiger partial charge in [0.25, 0.3) is 0 Å². The molecule has 0 spiro atoms. The van der Waals surface area contributed by atoms with Gasteiger partial charge in [0, 0.05) is 30.5 Å². The zero-order chi connectivity index (χ0) is 14.9. The third-order valence-electron chi connectivity index (χ3n) is 4.67. The number of halogens is 1. The molecule has 0 bridgehead atoms. The summed E-state index contributed by atoms with van der Waals surface area (Å²) in [6, 6.07) is 3.94. The van der Waals surface area contributed by atoms with Gasteiger partial charge >= 0.3 is 0 Å². The molecule has 0 saturated carbocycles. The van der Waals surface area contributed by atoms with Gasteiger partial charge in [-0.25, -0.2) is 4.98 Å². The van der Waals surface area contributed by atoms with Crippen LogP contribution in [0.1, 0.15) is 24.8 Å². The maximum absolute atomic E-state index is 5.89. The molecule has 4 heteroatoms. The average Bonchev–Trinajstić information content (AvgIpc) is 2.99. The third-order valence-corrected chi connectivity index (χ3v) is 4.89. The molecule has 1 aromatic rings. The van der Waals surface area contributed by atoms with E-state index in [9.17, 15) is 0 Å². The highest BCUT2D eigenvalue weighted by atomic mass is 35.5. The Kier molecular flexibility index (Phi) is 3.77. The second-order valence-electron chi connectivity index (χ2n) is 5.93. The normalized spacial score (nSPS) is 21.6. The fourth-order valence-electron chi connectivity index (χ4n) is 3.53. The fraction of sp³-hybridized carbons (Fsp3) is 0.389. The molecule has 0 radical (unpaired) electrons. The molecule has 0 aromatic carbocycles. The Bertz CT molecular complexity index is 667. The first-order valence-corrected chi connectivity index (χ1v) is 8.27. The summed E-state index contributed by atoms with van der Waals surface area (Å²) in [6.07, 6.45) is 9.88. The summed E-state index contributed by atoms with van der Waals surface area (Å²) in [7, 11) is 0. The number of nitrogens with zero attached hydrogens (tertiary/aromatic N) is 2. The molecule has 3 aliphatic rings. The lowest BCUT2D eigenvalue weighted by molar-refractivity contribution is 0.0519. The number of rotatable bonds is 2. The van der Waals surface area contributed by atoms with E-state index >= 15 is 0 Å². The zero-order valence-corrected chi connectivity index (χ0v) is 13.3. The minimum absolute atomic E-state index is 0.551. The van der Waals surface area contributed by atoms with E-state index in [1.807, 2.05) is 12.3 Å². The number of morpholine rings is 1. The van der Waals surface area contributed by atoms with Crippen LogP contribution in [0.25, 0.3) is 5.57 Å². The summed E-state index contributed by atoms with van der Waals surface area (Å²) in [4.78, 5) is 6.70. The van der Waals surface area contributed by atoms with Crippen molar-refractivity contribution in [2.75, 3.05) is 26.3 Å². The highest BCUT2D eigenvalue weighted by Gasteiger charge is 2.24. The maximum Gasteiger partial charge on any atom is 0.129 e. The molecule has 4 rings (SSSR count). The van der Waals surface area contributed by atoms with Crippen LogP contribution in [-0.2, 0) is 4.74 Å². The van der Waals surface area contributed by atoms with E-state index in [-0.39, 0.29) is 0 Å². The van der Waals surface area contributed by atoms with E-state index in [2.05, 4.69) is 28.1 Å². The van der Waals surface area contributed by atoms with Crippen molar-refractivity contribution >= 4 is 17.2 Å².